The van der Waals surface area contributed by atoms with Gasteiger partial charge in [0, 0.05) is 24.2 Å². The number of carbonyl (C=O) groups is 1. The van der Waals surface area contributed by atoms with E-state index in [1.807, 2.05) is 36.5 Å². The maximum Gasteiger partial charge on any atom is 0.308 e. The van der Waals surface area contributed by atoms with E-state index in [0.29, 0.717) is 37.6 Å². The Labute approximate surface area is 218 Å². The Hall–Kier alpha value is -4.96. The molecule has 0 fully saturated rings. The molecular formula is C28H18FN5O3S. The molecule has 3 aromatic carbocycles. The second kappa shape index (κ2) is 9.49. The van der Waals surface area contributed by atoms with E-state index >= 15 is 0 Å². The van der Waals surface area contributed by atoms with Gasteiger partial charge in [-0.25, -0.2) is 9.07 Å². The first-order valence-electron chi connectivity index (χ1n) is 11.6. The summed E-state index contributed by atoms with van der Waals surface area (Å²) < 4.78 is 22.2. The molecule has 0 spiro atoms. The summed E-state index contributed by atoms with van der Waals surface area (Å²) in [4.78, 5) is 29.7. The lowest BCUT2D eigenvalue weighted by Gasteiger charge is -2.04. The largest absolute Gasteiger partial charge is 0.426 e. The molecule has 3 aromatic heterocycles. The molecule has 186 valence electrons. The monoisotopic (exact) mass is 523 g/mol. The fraction of sp³-hybridized carbons (Fsp3) is 0.0357. The smallest absolute Gasteiger partial charge is 0.308 e. The third kappa shape index (κ3) is 4.37. The molecule has 0 aliphatic carbocycles. The van der Waals surface area contributed by atoms with Crippen molar-refractivity contribution in [2.45, 2.75) is 6.92 Å². The van der Waals surface area contributed by atoms with Crippen LogP contribution in [0, 0.1) is 5.82 Å². The number of nitrogens with zero attached hydrogens (tertiary/aromatic N) is 5. The van der Waals surface area contributed by atoms with Crippen LogP contribution in [0.4, 0.5) is 4.39 Å². The molecule has 0 aliphatic heterocycles. The molecule has 0 N–H and O–H groups in total. The number of esters is 1. The van der Waals surface area contributed by atoms with E-state index in [0.717, 1.165) is 5.69 Å². The van der Waals surface area contributed by atoms with Gasteiger partial charge in [0.15, 0.2) is 5.82 Å². The van der Waals surface area contributed by atoms with Crippen LogP contribution in [0.1, 0.15) is 12.5 Å². The van der Waals surface area contributed by atoms with Crippen molar-refractivity contribution in [2.24, 2.45) is 0 Å². The van der Waals surface area contributed by atoms with Crippen LogP contribution in [0.5, 0.6) is 5.75 Å². The lowest BCUT2D eigenvalue weighted by atomic mass is 10.1. The van der Waals surface area contributed by atoms with Crippen molar-refractivity contribution in [3.05, 3.63) is 111 Å². The number of hydrogen-bond donors (Lipinski definition) is 0. The van der Waals surface area contributed by atoms with Gasteiger partial charge in [-0.05, 0) is 54.6 Å². The summed E-state index contributed by atoms with van der Waals surface area (Å²) in [5.74, 6) is -0.219. The molecule has 3 heterocycles. The van der Waals surface area contributed by atoms with Crippen molar-refractivity contribution in [3.63, 3.8) is 0 Å². The lowest BCUT2D eigenvalue weighted by molar-refractivity contribution is -0.131. The van der Waals surface area contributed by atoms with Gasteiger partial charge >= 0.3 is 5.97 Å². The molecule has 10 heteroatoms. The Balaban J connectivity index is 1.46. The van der Waals surface area contributed by atoms with Crippen molar-refractivity contribution in [1.29, 1.82) is 0 Å². The Morgan fingerprint density at radius 2 is 1.71 bits per heavy atom. The third-order valence-electron chi connectivity index (χ3n) is 5.73. The highest BCUT2D eigenvalue weighted by molar-refractivity contribution is 7.15. The van der Waals surface area contributed by atoms with Crippen LogP contribution in [-0.4, -0.2) is 30.3 Å². The quantitative estimate of drug-likeness (QED) is 0.247. The highest BCUT2D eigenvalue weighted by Gasteiger charge is 2.17. The van der Waals surface area contributed by atoms with Crippen molar-refractivity contribution in [2.75, 3.05) is 0 Å². The number of fused-ring (bicyclic) bond motifs is 1. The van der Waals surface area contributed by atoms with E-state index in [-0.39, 0.29) is 17.2 Å². The first kappa shape index (κ1) is 23.4. The molecule has 0 bridgehead atoms. The van der Waals surface area contributed by atoms with Gasteiger partial charge in [0.05, 0.1) is 15.8 Å². The Kier molecular flexibility index (Phi) is 5.85. The van der Waals surface area contributed by atoms with Gasteiger partial charge in [0.1, 0.15) is 17.3 Å². The van der Waals surface area contributed by atoms with Crippen LogP contribution in [0.15, 0.2) is 89.9 Å². The molecule has 0 amide bonds. The average molecular weight is 524 g/mol. The molecule has 0 saturated carbocycles. The number of thiazole rings is 1. The molecule has 0 unspecified atom stereocenters. The number of rotatable bonds is 5. The fourth-order valence-electron chi connectivity index (χ4n) is 4.02. The highest BCUT2D eigenvalue weighted by atomic mass is 32.1. The van der Waals surface area contributed by atoms with Crippen molar-refractivity contribution >= 4 is 28.3 Å². The molecular weight excluding hydrogens is 505 g/mol. The van der Waals surface area contributed by atoms with Gasteiger partial charge in [0.2, 0.25) is 4.96 Å². The van der Waals surface area contributed by atoms with Crippen LogP contribution < -0.4 is 14.8 Å². The minimum absolute atomic E-state index is 0.278. The molecule has 6 aromatic rings. The van der Waals surface area contributed by atoms with Gasteiger partial charge in [-0.15, -0.1) is 5.10 Å². The highest BCUT2D eigenvalue weighted by Crippen LogP contribution is 2.28. The average Bonchev–Trinajstić information content (AvgIpc) is 3.60. The number of hydrogen-bond acceptors (Lipinski definition) is 7. The molecule has 0 aliphatic rings. The van der Waals surface area contributed by atoms with Gasteiger partial charge in [0.25, 0.3) is 5.56 Å². The molecule has 6 rings (SSSR count). The zero-order valence-electron chi connectivity index (χ0n) is 19.9. The standard InChI is InChI=1S/C28H18FN5O3S/c1-17(35)37-23-10-6-5-9-22(23)26-30-28-34(32-26)27(36)24(38-28)15-19-16-33(21-7-3-2-4-8-21)31-25(19)18-11-13-20(29)14-12-18/h2-16H,1H3. The SMILES string of the molecule is CC(=O)Oc1ccccc1-c1nc2sc(=Cc3cn(-c4ccccc4)nc3-c3ccc(F)cc3)c(=O)n2n1. The van der Waals surface area contributed by atoms with Crippen LogP contribution in [-0.2, 0) is 4.79 Å². The van der Waals surface area contributed by atoms with Crippen LogP contribution >= 0.6 is 11.3 Å². The summed E-state index contributed by atoms with van der Waals surface area (Å²) in [5.41, 5.74) is 3.00. The van der Waals surface area contributed by atoms with Crippen LogP contribution in [0.3, 0.4) is 0 Å². The van der Waals surface area contributed by atoms with E-state index in [1.54, 1.807) is 47.2 Å². The number of ether oxygens (including phenoxy) is 1. The predicted octanol–water partition coefficient (Wildman–Crippen LogP) is 4.28. The van der Waals surface area contributed by atoms with Gasteiger partial charge in [-0.2, -0.15) is 14.6 Å². The number of carbonyl (C=O) groups excluding carboxylic acids is 1. The van der Waals surface area contributed by atoms with E-state index in [9.17, 15) is 14.0 Å². The van der Waals surface area contributed by atoms with E-state index in [1.165, 1.54) is 34.9 Å². The summed E-state index contributed by atoms with van der Waals surface area (Å²) in [6.45, 7) is 1.31. The maximum absolute atomic E-state index is 13.6. The van der Waals surface area contributed by atoms with Crippen LogP contribution in [0.2, 0.25) is 0 Å². The number of halogens is 1. The molecule has 0 saturated heterocycles. The summed E-state index contributed by atoms with van der Waals surface area (Å²) >= 11 is 1.18. The zero-order chi connectivity index (χ0) is 26.2. The van der Waals surface area contributed by atoms with E-state index < -0.39 is 5.97 Å². The minimum atomic E-state index is -0.465. The fourth-order valence-corrected chi connectivity index (χ4v) is 4.92. The lowest BCUT2D eigenvalue weighted by Crippen LogP contribution is -2.23. The molecule has 8 nitrogen and oxygen atoms in total. The van der Waals surface area contributed by atoms with Crippen molar-refractivity contribution < 1.29 is 13.9 Å². The zero-order valence-corrected chi connectivity index (χ0v) is 20.7. The first-order chi connectivity index (χ1) is 18.5. The Morgan fingerprint density at radius 3 is 2.45 bits per heavy atom. The number of benzene rings is 3. The van der Waals surface area contributed by atoms with Gasteiger partial charge in [-0.3, -0.25) is 9.59 Å². The number of para-hydroxylation sites is 2. The number of aromatic nitrogens is 5. The summed E-state index contributed by atoms with van der Waals surface area (Å²) in [5, 5.41) is 9.11. The van der Waals surface area contributed by atoms with Crippen LogP contribution in [0.25, 0.3) is 39.4 Å². The minimum Gasteiger partial charge on any atom is -0.426 e. The maximum atomic E-state index is 13.6. The Morgan fingerprint density at radius 1 is 0.974 bits per heavy atom. The van der Waals surface area contributed by atoms with E-state index in [2.05, 4.69) is 10.1 Å². The molecule has 38 heavy (non-hydrogen) atoms. The topological polar surface area (TPSA) is 91.4 Å². The summed E-state index contributed by atoms with van der Waals surface area (Å²) in [6, 6.07) is 22.5. The predicted molar refractivity (Wildman–Crippen MR) is 142 cm³/mol. The van der Waals surface area contributed by atoms with E-state index in [4.69, 9.17) is 9.84 Å². The third-order valence-corrected chi connectivity index (χ3v) is 6.69. The van der Waals surface area contributed by atoms with Crippen molar-refractivity contribution in [1.82, 2.24) is 24.4 Å². The summed E-state index contributed by atoms with van der Waals surface area (Å²) in [7, 11) is 0. The first-order valence-corrected chi connectivity index (χ1v) is 12.4. The second-order valence-corrected chi connectivity index (χ2v) is 9.36. The van der Waals surface area contributed by atoms with Gasteiger partial charge in [-0.1, -0.05) is 41.7 Å². The Bertz CT molecular complexity index is 1910. The normalized spacial score (nSPS) is 11.8. The van der Waals surface area contributed by atoms with Crippen molar-refractivity contribution in [3.8, 4) is 34.1 Å². The molecule has 0 atom stereocenters. The van der Waals surface area contributed by atoms with Gasteiger partial charge < -0.3 is 4.74 Å². The second-order valence-electron chi connectivity index (χ2n) is 8.36. The molecule has 0 radical (unpaired) electrons. The summed E-state index contributed by atoms with van der Waals surface area (Å²) in [6.07, 6.45) is 3.56.